The predicted molar refractivity (Wildman–Crippen MR) is 65.3 cm³/mol. The van der Waals surface area contributed by atoms with Gasteiger partial charge >= 0.3 is 0 Å². The van der Waals surface area contributed by atoms with Crippen molar-refractivity contribution in [3.63, 3.8) is 0 Å². The lowest BCUT2D eigenvalue weighted by Gasteiger charge is -2.19. The fourth-order valence-electron chi connectivity index (χ4n) is 1.63. The molecule has 88 valence electrons. The van der Waals surface area contributed by atoms with Crippen LogP contribution in [0.5, 0.6) is 0 Å². The van der Waals surface area contributed by atoms with E-state index in [1.54, 1.807) is 4.68 Å². The fraction of sp³-hybridized carbons (Fsp3) is 0.667. The van der Waals surface area contributed by atoms with Crippen molar-refractivity contribution in [2.24, 2.45) is 12.5 Å². The number of hydrogen-bond donors (Lipinski definition) is 0. The van der Waals surface area contributed by atoms with Crippen LogP contribution in [-0.2, 0) is 19.9 Å². The normalized spacial score (nSPS) is 14.5. The Hall–Kier alpha value is -1.01. The van der Waals surface area contributed by atoms with Gasteiger partial charge in [0.2, 0.25) is 0 Å². The van der Waals surface area contributed by atoms with Crippen LogP contribution in [0.4, 0.5) is 0 Å². The van der Waals surface area contributed by atoms with Crippen LogP contribution in [0, 0.1) is 16.7 Å². The summed E-state index contributed by atoms with van der Waals surface area (Å²) in [6, 6.07) is 2.36. The maximum atomic E-state index is 9.17. The Kier molecular flexibility index (Phi) is 3.98. The molecule has 0 aliphatic carbocycles. The second kappa shape index (κ2) is 4.88. The number of nitrogens with zero attached hydrogens (tertiary/aromatic N) is 3. The van der Waals surface area contributed by atoms with E-state index in [4.69, 9.17) is 16.9 Å². The van der Waals surface area contributed by atoms with Gasteiger partial charge in [0, 0.05) is 13.5 Å². The number of aromatic nitrogens is 2. The summed E-state index contributed by atoms with van der Waals surface area (Å²) in [6.45, 7) is 6.01. The number of aryl methyl sites for hydroxylation is 2. The van der Waals surface area contributed by atoms with Gasteiger partial charge in [0.1, 0.15) is 0 Å². The van der Waals surface area contributed by atoms with Crippen molar-refractivity contribution in [1.82, 2.24) is 9.78 Å². The second-order valence-corrected chi connectivity index (χ2v) is 4.77. The summed E-state index contributed by atoms with van der Waals surface area (Å²) in [4.78, 5) is 0. The molecule has 0 bridgehead atoms. The van der Waals surface area contributed by atoms with Crippen molar-refractivity contribution >= 4 is 11.6 Å². The minimum absolute atomic E-state index is 0.359. The molecule has 1 aromatic rings. The number of rotatable bonds is 4. The minimum atomic E-state index is -0.359. The van der Waals surface area contributed by atoms with E-state index in [-0.39, 0.29) is 5.41 Å². The van der Waals surface area contributed by atoms with Gasteiger partial charge in [0.25, 0.3) is 0 Å². The van der Waals surface area contributed by atoms with E-state index in [1.165, 1.54) is 0 Å². The van der Waals surface area contributed by atoms with E-state index in [0.29, 0.717) is 6.42 Å². The van der Waals surface area contributed by atoms with Crippen molar-refractivity contribution in [2.75, 3.05) is 0 Å². The summed E-state index contributed by atoms with van der Waals surface area (Å²) in [5.41, 5.74) is 1.52. The standard InChI is InChI=1S/C12H18ClN3/c1-5-9-11(13)10(16(4)15-9)7-12(3,6-2)8-14/h5-7H2,1-4H3. The molecule has 16 heavy (non-hydrogen) atoms. The summed E-state index contributed by atoms with van der Waals surface area (Å²) in [6.07, 6.45) is 2.29. The van der Waals surface area contributed by atoms with E-state index in [9.17, 15) is 0 Å². The Bertz CT molecular complexity index is 417. The fourth-order valence-corrected chi connectivity index (χ4v) is 1.99. The zero-order chi connectivity index (χ0) is 12.3. The van der Waals surface area contributed by atoms with E-state index in [0.717, 1.165) is 29.3 Å². The first-order chi connectivity index (χ1) is 7.47. The Morgan fingerprint density at radius 3 is 2.50 bits per heavy atom. The van der Waals surface area contributed by atoms with Crippen molar-refractivity contribution in [1.29, 1.82) is 5.26 Å². The molecule has 0 fully saturated rings. The third kappa shape index (κ3) is 2.38. The third-order valence-corrected chi connectivity index (χ3v) is 3.55. The lowest BCUT2D eigenvalue weighted by Crippen LogP contribution is -2.18. The zero-order valence-electron chi connectivity index (χ0n) is 10.3. The topological polar surface area (TPSA) is 41.6 Å². The van der Waals surface area contributed by atoms with E-state index in [2.05, 4.69) is 11.2 Å². The molecule has 0 saturated heterocycles. The third-order valence-electron chi connectivity index (χ3n) is 3.11. The van der Waals surface area contributed by atoms with Gasteiger partial charge in [-0.3, -0.25) is 4.68 Å². The lowest BCUT2D eigenvalue weighted by atomic mass is 9.84. The predicted octanol–water partition coefficient (Wildman–Crippen LogP) is 3.12. The van der Waals surface area contributed by atoms with Crippen LogP contribution in [0.15, 0.2) is 0 Å². The van der Waals surface area contributed by atoms with Crippen LogP contribution in [0.1, 0.15) is 38.6 Å². The van der Waals surface area contributed by atoms with E-state index < -0.39 is 0 Å². The molecular formula is C12H18ClN3. The lowest BCUT2D eigenvalue weighted by molar-refractivity contribution is 0.409. The quantitative estimate of drug-likeness (QED) is 0.810. The second-order valence-electron chi connectivity index (χ2n) is 4.39. The summed E-state index contributed by atoms with van der Waals surface area (Å²) >= 11 is 6.26. The van der Waals surface area contributed by atoms with Gasteiger partial charge in [-0.15, -0.1) is 0 Å². The van der Waals surface area contributed by atoms with E-state index >= 15 is 0 Å². The largest absolute Gasteiger partial charge is 0.271 e. The molecule has 1 rings (SSSR count). The van der Waals surface area contributed by atoms with Crippen LogP contribution >= 0.6 is 11.6 Å². The molecular weight excluding hydrogens is 222 g/mol. The van der Waals surface area contributed by atoms with Gasteiger partial charge in [0.15, 0.2) is 0 Å². The van der Waals surface area contributed by atoms with E-state index in [1.807, 2.05) is 27.8 Å². The average molecular weight is 240 g/mol. The molecule has 3 nitrogen and oxygen atoms in total. The van der Waals surface area contributed by atoms with Crippen LogP contribution in [0.25, 0.3) is 0 Å². The molecule has 1 heterocycles. The zero-order valence-corrected chi connectivity index (χ0v) is 11.1. The maximum absolute atomic E-state index is 9.17. The molecule has 0 saturated carbocycles. The van der Waals surface area contributed by atoms with Crippen molar-refractivity contribution in [3.8, 4) is 6.07 Å². The summed E-state index contributed by atoms with van der Waals surface area (Å²) in [5.74, 6) is 0. The molecule has 0 radical (unpaired) electrons. The molecule has 1 aromatic heterocycles. The monoisotopic (exact) mass is 239 g/mol. The Labute approximate surface area is 102 Å². The minimum Gasteiger partial charge on any atom is -0.271 e. The first-order valence-electron chi connectivity index (χ1n) is 5.59. The number of halogens is 1. The Balaban J connectivity index is 3.07. The highest BCUT2D eigenvalue weighted by atomic mass is 35.5. The highest BCUT2D eigenvalue weighted by molar-refractivity contribution is 6.31. The highest BCUT2D eigenvalue weighted by Crippen LogP contribution is 2.30. The van der Waals surface area contributed by atoms with Crippen molar-refractivity contribution in [2.45, 2.75) is 40.0 Å². The van der Waals surface area contributed by atoms with Crippen LogP contribution < -0.4 is 0 Å². The molecule has 1 atom stereocenters. The van der Waals surface area contributed by atoms with Gasteiger partial charge in [-0.2, -0.15) is 10.4 Å². The molecule has 0 aromatic carbocycles. The summed E-state index contributed by atoms with van der Waals surface area (Å²) in [7, 11) is 1.88. The summed E-state index contributed by atoms with van der Waals surface area (Å²) in [5, 5.41) is 14.2. The summed E-state index contributed by atoms with van der Waals surface area (Å²) < 4.78 is 1.80. The molecule has 0 aliphatic heterocycles. The molecule has 1 unspecified atom stereocenters. The van der Waals surface area contributed by atoms with Crippen molar-refractivity contribution in [3.05, 3.63) is 16.4 Å². The first kappa shape index (κ1) is 13.1. The van der Waals surface area contributed by atoms with Gasteiger partial charge in [-0.1, -0.05) is 25.4 Å². The molecule has 4 heteroatoms. The van der Waals surface area contributed by atoms with Gasteiger partial charge in [-0.25, -0.2) is 0 Å². The Morgan fingerprint density at radius 2 is 2.12 bits per heavy atom. The van der Waals surface area contributed by atoms with Gasteiger partial charge in [-0.05, 0) is 19.8 Å². The number of hydrogen-bond acceptors (Lipinski definition) is 2. The maximum Gasteiger partial charge on any atom is 0.0850 e. The van der Waals surface area contributed by atoms with Gasteiger partial charge in [0.05, 0.1) is 27.9 Å². The van der Waals surface area contributed by atoms with Crippen LogP contribution in [0.2, 0.25) is 5.02 Å². The SMILES string of the molecule is CCc1nn(C)c(CC(C)(C#N)CC)c1Cl. The van der Waals surface area contributed by atoms with Crippen LogP contribution in [0.3, 0.4) is 0 Å². The molecule has 0 aliphatic rings. The number of nitriles is 1. The van der Waals surface area contributed by atoms with Gasteiger partial charge < -0.3 is 0 Å². The highest BCUT2D eigenvalue weighted by Gasteiger charge is 2.26. The smallest absolute Gasteiger partial charge is 0.0850 e. The van der Waals surface area contributed by atoms with Crippen molar-refractivity contribution < 1.29 is 0 Å². The Morgan fingerprint density at radius 1 is 1.50 bits per heavy atom. The first-order valence-corrected chi connectivity index (χ1v) is 5.96. The van der Waals surface area contributed by atoms with Crippen LogP contribution in [-0.4, -0.2) is 9.78 Å². The average Bonchev–Trinajstić information content (AvgIpc) is 2.56. The molecule has 0 amide bonds. The molecule has 0 N–H and O–H groups in total. The molecule has 0 spiro atoms.